The largest absolute Gasteiger partial charge is 0.508 e. The van der Waals surface area contributed by atoms with Gasteiger partial charge in [0.2, 0.25) is 5.91 Å². The molecular weight excluding hydrogens is 374 g/mol. The number of hydrogen-bond acceptors (Lipinski definition) is 3. The van der Waals surface area contributed by atoms with Crippen molar-refractivity contribution >= 4 is 5.91 Å². The minimum absolute atomic E-state index is 0.0251. The molecule has 0 saturated carbocycles. The first kappa shape index (κ1) is 19.8. The molecule has 4 nitrogen and oxygen atoms in total. The van der Waals surface area contributed by atoms with Crippen LogP contribution in [0.25, 0.3) is 0 Å². The van der Waals surface area contributed by atoms with Crippen LogP contribution in [0.2, 0.25) is 0 Å². The molecule has 0 bridgehead atoms. The number of likely N-dealkylation sites (tertiary alicyclic amines) is 2. The van der Waals surface area contributed by atoms with Crippen LogP contribution in [0.15, 0.2) is 48.5 Å². The highest BCUT2D eigenvalue weighted by molar-refractivity contribution is 5.84. The number of aromatic hydroxyl groups is 1. The van der Waals surface area contributed by atoms with E-state index in [1.54, 1.807) is 36.4 Å². The van der Waals surface area contributed by atoms with Crippen molar-refractivity contribution in [1.82, 2.24) is 9.80 Å². The summed E-state index contributed by atoms with van der Waals surface area (Å²) in [4.78, 5) is 16.8. The lowest BCUT2D eigenvalue weighted by molar-refractivity contribution is -0.134. The van der Waals surface area contributed by atoms with Crippen molar-refractivity contribution in [3.05, 3.63) is 65.5 Å². The summed E-state index contributed by atoms with van der Waals surface area (Å²) >= 11 is 0. The predicted octanol–water partition coefficient (Wildman–Crippen LogP) is 4.02. The average Bonchev–Trinajstić information content (AvgIpc) is 3.10. The summed E-state index contributed by atoms with van der Waals surface area (Å²) in [5, 5.41) is 9.44. The van der Waals surface area contributed by atoms with E-state index < -0.39 is 6.17 Å². The zero-order valence-corrected chi connectivity index (χ0v) is 16.5. The molecule has 2 aromatic carbocycles. The molecule has 4 atom stereocenters. The molecule has 4 rings (SSSR count). The van der Waals surface area contributed by atoms with Crippen molar-refractivity contribution in [3.63, 3.8) is 0 Å². The van der Waals surface area contributed by atoms with Crippen molar-refractivity contribution in [2.75, 3.05) is 19.6 Å². The van der Waals surface area contributed by atoms with Crippen LogP contribution in [0.5, 0.6) is 5.75 Å². The number of halogens is 2. The number of piperidine rings is 1. The summed E-state index contributed by atoms with van der Waals surface area (Å²) in [6, 6.07) is 12.5. The number of alkyl halides is 1. The molecule has 6 heteroatoms. The molecule has 0 unspecified atom stereocenters. The SMILES string of the molecule is C[C@@H](c1ccc(F)cc1)N1CC[C@H](N2CC[C@H](c3ccc(O)cc3)[C@@H](F)C2)C1=O. The van der Waals surface area contributed by atoms with E-state index in [4.69, 9.17) is 0 Å². The molecule has 1 amide bonds. The van der Waals surface area contributed by atoms with E-state index in [0.717, 1.165) is 11.1 Å². The molecule has 2 aromatic rings. The van der Waals surface area contributed by atoms with Gasteiger partial charge in [-0.3, -0.25) is 9.69 Å². The van der Waals surface area contributed by atoms with Gasteiger partial charge >= 0.3 is 0 Å². The molecule has 2 heterocycles. The van der Waals surface area contributed by atoms with E-state index in [1.807, 2.05) is 16.7 Å². The Morgan fingerprint density at radius 2 is 1.72 bits per heavy atom. The molecule has 1 N–H and O–H groups in total. The Balaban J connectivity index is 1.40. The standard InChI is InChI=1S/C23H26F2N2O2/c1-15(16-2-6-18(24)7-3-16)27-13-11-22(23(27)29)26-12-10-20(21(25)14-26)17-4-8-19(28)9-5-17/h2-9,15,20-22,28H,10-14H2,1H3/t15-,20+,21-,22-/m0/s1. The van der Waals surface area contributed by atoms with Crippen LogP contribution in [0.1, 0.15) is 42.9 Å². The van der Waals surface area contributed by atoms with Crippen LogP contribution in [0, 0.1) is 5.82 Å². The third kappa shape index (κ3) is 3.99. The summed E-state index contributed by atoms with van der Waals surface area (Å²) in [5.74, 6) is -0.305. The highest BCUT2D eigenvalue weighted by Gasteiger charge is 2.42. The molecule has 0 spiro atoms. The maximum absolute atomic E-state index is 15.0. The van der Waals surface area contributed by atoms with Gasteiger partial charge in [-0.1, -0.05) is 24.3 Å². The van der Waals surface area contributed by atoms with Crippen LogP contribution >= 0.6 is 0 Å². The quantitative estimate of drug-likeness (QED) is 0.843. The van der Waals surface area contributed by atoms with Gasteiger partial charge in [-0.05, 0) is 61.7 Å². The van der Waals surface area contributed by atoms with E-state index >= 15 is 0 Å². The summed E-state index contributed by atoms with van der Waals surface area (Å²) in [6.45, 7) is 3.47. The molecule has 2 aliphatic heterocycles. The molecule has 29 heavy (non-hydrogen) atoms. The van der Waals surface area contributed by atoms with Crippen LogP contribution < -0.4 is 0 Å². The number of carbonyl (C=O) groups is 1. The third-order valence-electron chi connectivity index (χ3n) is 6.37. The zero-order valence-electron chi connectivity index (χ0n) is 16.5. The maximum Gasteiger partial charge on any atom is 0.240 e. The van der Waals surface area contributed by atoms with Crippen LogP contribution in [0.3, 0.4) is 0 Å². The number of nitrogens with zero attached hydrogens (tertiary/aromatic N) is 2. The van der Waals surface area contributed by atoms with Gasteiger partial charge < -0.3 is 10.0 Å². The van der Waals surface area contributed by atoms with E-state index in [-0.39, 0.29) is 42.0 Å². The molecule has 0 aliphatic carbocycles. The van der Waals surface area contributed by atoms with Gasteiger partial charge in [0.1, 0.15) is 17.7 Å². The van der Waals surface area contributed by atoms with Gasteiger partial charge in [0.15, 0.2) is 0 Å². The van der Waals surface area contributed by atoms with E-state index in [9.17, 15) is 18.7 Å². The second-order valence-electron chi connectivity index (χ2n) is 8.06. The molecule has 0 aromatic heterocycles. The van der Waals surface area contributed by atoms with Crippen molar-refractivity contribution < 1.29 is 18.7 Å². The fourth-order valence-electron chi connectivity index (χ4n) is 4.64. The molecule has 2 aliphatic rings. The number of carbonyl (C=O) groups excluding carboxylic acids is 1. The first-order valence-electron chi connectivity index (χ1n) is 10.2. The topological polar surface area (TPSA) is 43.8 Å². The number of rotatable bonds is 4. The lowest BCUT2D eigenvalue weighted by Gasteiger charge is -2.38. The minimum atomic E-state index is -1.05. The van der Waals surface area contributed by atoms with Crippen molar-refractivity contribution in [2.24, 2.45) is 0 Å². The van der Waals surface area contributed by atoms with Crippen molar-refractivity contribution in [2.45, 2.75) is 43.9 Å². The fourth-order valence-corrected chi connectivity index (χ4v) is 4.64. The molecule has 154 valence electrons. The fraction of sp³-hybridized carbons (Fsp3) is 0.435. The normalized spacial score (nSPS) is 26.7. The zero-order chi connectivity index (χ0) is 20.5. The lowest BCUT2D eigenvalue weighted by Crippen LogP contribution is -2.49. The number of amides is 1. The van der Waals surface area contributed by atoms with Crippen LogP contribution in [-0.2, 0) is 4.79 Å². The van der Waals surface area contributed by atoms with Crippen LogP contribution in [0.4, 0.5) is 8.78 Å². The summed E-state index contributed by atoms with van der Waals surface area (Å²) < 4.78 is 28.1. The summed E-state index contributed by atoms with van der Waals surface area (Å²) in [5.41, 5.74) is 1.79. The van der Waals surface area contributed by atoms with Crippen molar-refractivity contribution in [3.8, 4) is 5.75 Å². The first-order chi connectivity index (χ1) is 13.9. The molecule has 2 fully saturated rings. The van der Waals surface area contributed by atoms with E-state index in [1.165, 1.54) is 12.1 Å². The number of phenols is 1. The van der Waals surface area contributed by atoms with Gasteiger partial charge in [-0.25, -0.2) is 8.78 Å². The first-order valence-corrected chi connectivity index (χ1v) is 10.2. The number of phenolic OH excluding ortho intramolecular Hbond substituents is 1. The Hall–Kier alpha value is -2.47. The van der Waals surface area contributed by atoms with Gasteiger partial charge in [0.05, 0.1) is 12.1 Å². The Kier molecular flexibility index (Phi) is 5.54. The Bertz CT molecular complexity index is 856. The van der Waals surface area contributed by atoms with Gasteiger partial charge in [0, 0.05) is 19.0 Å². The smallest absolute Gasteiger partial charge is 0.240 e. The van der Waals surface area contributed by atoms with Gasteiger partial charge in [0.25, 0.3) is 0 Å². The highest BCUT2D eigenvalue weighted by atomic mass is 19.1. The second kappa shape index (κ2) is 8.11. The van der Waals surface area contributed by atoms with E-state index in [0.29, 0.717) is 25.9 Å². The van der Waals surface area contributed by atoms with Crippen molar-refractivity contribution in [1.29, 1.82) is 0 Å². The monoisotopic (exact) mass is 400 g/mol. The predicted molar refractivity (Wildman–Crippen MR) is 107 cm³/mol. The summed E-state index contributed by atoms with van der Waals surface area (Å²) in [6.07, 6.45) is 0.272. The van der Waals surface area contributed by atoms with E-state index in [2.05, 4.69) is 0 Å². The summed E-state index contributed by atoms with van der Waals surface area (Å²) in [7, 11) is 0. The highest BCUT2D eigenvalue weighted by Crippen LogP contribution is 2.35. The average molecular weight is 400 g/mol. The van der Waals surface area contributed by atoms with Crippen LogP contribution in [-0.4, -0.2) is 52.7 Å². The Labute approximate surface area is 169 Å². The minimum Gasteiger partial charge on any atom is -0.508 e. The number of hydrogen-bond donors (Lipinski definition) is 1. The molecular formula is C23H26F2N2O2. The number of benzene rings is 2. The third-order valence-corrected chi connectivity index (χ3v) is 6.37. The van der Waals surface area contributed by atoms with Gasteiger partial charge in [-0.2, -0.15) is 0 Å². The Morgan fingerprint density at radius 1 is 1.03 bits per heavy atom. The Morgan fingerprint density at radius 3 is 2.38 bits per heavy atom. The van der Waals surface area contributed by atoms with Gasteiger partial charge in [-0.15, -0.1) is 0 Å². The molecule has 2 saturated heterocycles. The lowest BCUT2D eigenvalue weighted by atomic mass is 9.87. The molecule has 0 radical (unpaired) electrons. The maximum atomic E-state index is 15.0. The second-order valence-corrected chi connectivity index (χ2v) is 8.06.